The van der Waals surface area contributed by atoms with Crippen molar-refractivity contribution >= 4 is 6.08 Å². The molecule has 1 saturated carbocycles. The van der Waals surface area contributed by atoms with E-state index in [0.717, 1.165) is 42.4 Å². The highest BCUT2D eigenvalue weighted by Gasteiger charge is 2.37. The molecule has 2 rings (SSSR count). The van der Waals surface area contributed by atoms with E-state index < -0.39 is 5.54 Å². The Labute approximate surface area is 101 Å². The summed E-state index contributed by atoms with van der Waals surface area (Å²) in [4.78, 5) is 14.6. The van der Waals surface area contributed by atoms with Gasteiger partial charge in [0.25, 0.3) is 0 Å². The lowest BCUT2D eigenvalue weighted by Gasteiger charge is -2.24. The molecule has 0 saturated heterocycles. The second-order valence-corrected chi connectivity index (χ2v) is 4.90. The van der Waals surface area contributed by atoms with Crippen LogP contribution in [0.1, 0.15) is 42.4 Å². The Balaban J connectivity index is 2.57. The van der Waals surface area contributed by atoms with Gasteiger partial charge in [0.1, 0.15) is 11.3 Å². The van der Waals surface area contributed by atoms with E-state index in [-0.39, 0.29) is 5.75 Å². The van der Waals surface area contributed by atoms with Gasteiger partial charge in [-0.2, -0.15) is 4.99 Å². The number of phenolic OH excluding ortho intramolecular Hbond substituents is 1. The van der Waals surface area contributed by atoms with Gasteiger partial charge in [0.05, 0.1) is 0 Å². The number of benzene rings is 1. The summed E-state index contributed by atoms with van der Waals surface area (Å²) in [6.07, 6.45) is 5.39. The number of aromatic hydroxyl groups is 1. The summed E-state index contributed by atoms with van der Waals surface area (Å²) in [7, 11) is 0. The number of phenols is 1. The van der Waals surface area contributed by atoms with Crippen LogP contribution in [0.25, 0.3) is 0 Å². The summed E-state index contributed by atoms with van der Waals surface area (Å²) >= 11 is 0. The third-order valence-corrected chi connectivity index (χ3v) is 3.80. The molecule has 1 aromatic carbocycles. The number of hydrogen-bond acceptors (Lipinski definition) is 3. The molecule has 1 aromatic rings. The maximum absolute atomic E-state index is 10.6. The summed E-state index contributed by atoms with van der Waals surface area (Å²) in [6.45, 7) is 3.97. The largest absolute Gasteiger partial charge is 0.508 e. The molecule has 17 heavy (non-hydrogen) atoms. The molecule has 1 fully saturated rings. The van der Waals surface area contributed by atoms with Crippen LogP contribution in [0.2, 0.25) is 0 Å². The standard InChI is InChI=1S/C14H17NO2/c1-10-7-12(13(17)8-11(10)2)14(15-9-16)5-3-4-6-14/h7-8,17H,3-6H2,1-2H3. The normalized spacial score (nSPS) is 17.8. The van der Waals surface area contributed by atoms with Crippen LogP contribution in [0.3, 0.4) is 0 Å². The number of aryl methyl sites for hydroxylation is 2. The Kier molecular flexibility index (Phi) is 3.03. The van der Waals surface area contributed by atoms with Gasteiger partial charge in [0.15, 0.2) is 0 Å². The van der Waals surface area contributed by atoms with Crippen LogP contribution in [0, 0.1) is 13.8 Å². The highest BCUT2D eigenvalue weighted by molar-refractivity contribution is 5.48. The van der Waals surface area contributed by atoms with Crippen molar-refractivity contribution in [1.82, 2.24) is 0 Å². The third-order valence-electron chi connectivity index (χ3n) is 3.80. The molecule has 0 amide bonds. The van der Waals surface area contributed by atoms with Crippen LogP contribution in [-0.2, 0) is 10.3 Å². The average molecular weight is 231 g/mol. The molecular weight excluding hydrogens is 214 g/mol. The summed E-state index contributed by atoms with van der Waals surface area (Å²) in [6, 6.07) is 3.71. The Morgan fingerprint density at radius 2 is 1.82 bits per heavy atom. The molecule has 0 aromatic heterocycles. The Morgan fingerprint density at radius 1 is 1.24 bits per heavy atom. The Bertz CT molecular complexity index is 481. The van der Waals surface area contributed by atoms with Crippen molar-refractivity contribution in [2.45, 2.75) is 45.1 Å². The van der Waals surface area contributed by atoms with Crippen molar-refractivity contribution in [3.63, 3.8) is 0 Å². The zero-order chi connectivity index (χ0) is 12.5. The van der Waals surface area contributed by atoms with Crippen molar-refractivity contribution in [3.05, 3.63) is 28.8 Å². The lowest BCUT2D eigenvalue weighted by molar-refractivity contribution is 0.408. The highest BCUT2D eigenvalue weighted by atomic mass is 16.3. The average Bonchev–Trinajstić information content (AvgIpc) is 2.73. The fraction of sp³-hybridized carbons (Fsp3) is 0.500. The van der Waals surface area contributed by atoms with Crippen molar-refractivity contribution in [2.75, 3.05) is 0 Å². The first-order chi connectivity index (χ1) is 8.09. The quantitative estimate of drug-likeness (QED) is 0.628. The molecule has 0 unspecified atom stereocenters. The van der Waals surface area contributed by atoms with Gasteiger partial charge in [-0.15, -0.1) is 0 Å². The fourth-order valence-electron chi connectivity index (χ4n) is 2.66. The van der Waals surface area contributed by atoms with E-state index in [1.807, 2.05) is 19.9 Å². The first kappa shape index (κ1) is 11.9. The minimum atomic E-state index is -0.537. The van der Waals surface area contributed by atoms with Crippen molar-refractivity contribution in [2.24, 2.45) is 4.99 Å². The molecule has 1 aliphatic carbocycles. The maximum atomic E-state index is 10.6. The number of nitrogens with zero attached hydrogens (tertiary/aromatic N) is 1. The molecule has 0 heterocycles. The topological polar surface area (TPSA) is 49.7 Å². The van der Waals surface area contributed by atoms with E-state index in [1.54, 1.807) is 12.1 Å². The van der Waals surface area contributed by atoms with E-state index in [2.05, 4.69) is 4.99 Å². The van der Waals surface area contributed by atoms with Gasteiger partial charge in [-0.05, 0) is 49.9 Å². The molecule has 1 N–H and O–H groups in total. The van der Waals surface area contributed by atoms with Crippen molar-refractivity contribution in [1.29, 1.82) is 0 Å². The molecule has 0 aliphatic heterocycles. The lowest BCUT2D eigenvalue weighted by Crippen LogP contribution is -2.19. The molecule has 0 bridgehead atoms. The number of rotatable bonds is 2. The van der Waals surface area contributed by atoms with Gasteiger partial charge in [0, 0.05) is 5.56 Å². The van der Waals surface area contributed by atoms with Gasteiger partial charge in [-0.3, -0.25) is 0 Å². The molecule has 90 valence electrons. The third kappa shape index (κ3) is 1.98. The van der Waals surface area contributed by atoms with Crippen molar-refractivity contribution in [3.8, 4) is 5.75 Å². The summed E-state index contributed by atoms with van der Waals surface area (Å²) in [5.74, 6) is 0.244. The van der Waals surface area contributed by atoms with Gasteiger partial charge in [-0.1, -0.05) is 12.8 Å². The van der Waals surface area contributed by atoms with Crippen LogP contribution in [0.15, 0.2) is 17.1 Å². The van der Waals surface area contributed by atoms with Gasteiger partial charge < -0.3 is 5.11 Å². The predicted octanol–water partition coefficient (Wildman–Crippen LogP) is 3.11. The van der Waals surface area contributed by atoms with E-state index in [0.29, 0.717) is 0 Å². The molecular formula is C14H17NO2. The van der Waals surface area contributed by atoms with Crippen LogP contribution >= 0.6 is 0 Å². The first-order valence-electron chi connectivity index (χ1n) is 5.99. The van der Waals surface area contributed by atoms with Crippen molar-refractivity contribution < 1.29 is 9.90 Å². The zero-order valence-electron chi connectivity index (χ0n) is 10.3. The van der Waals surface area contributed by atoms with Gasteiger partial charge in [-0.25, -0.2) is 4.79 Å². The maximum Gasteiger partial charge on any atom is 0.235 e. The smallest absolute Gasteiger partial charge is 0.235 e. The van der Waals surface area contributed by atoms with Crippen LogP contribution < -0.4 is 0 Å². The Hall–Kier alpha value is -1.60. The number of isocyanates is 1. The monoisotopic (exact) mass is 231 g/mol. The van der Waals surface area contributed by atoms with Gasteiger partial charge >= 0.3 is 0 Å². The summed E-state index contributed by atoms with van der Waals surface area (Å²) in [5.41, 5.74) is 2.41. The molecule has 0 atom stereocenters. The number of aliphatic imine (C=N–C) groups is 1. The molecule has 0 radical (unpaired) electrons. The van der Waals surface area contributed by atoms with Crippen LogP contribution in [0.5, 0.6) is 5.75 Å². The minimum absolute atomic E-state index is 0.244. The first-order valence-corrected chi connectivity index (χ1v) is 5.99. The second kappa shape index (κ2) is 4.34. The van der Waals surface area contributed by atoms with Crippen LogP contribution in [0.4, 0.5) is 0 Å². The summed E-state index contributed by atoms with van der Waals surface area (Å²) in [5, 5.41) is 10.1. The van der Waals surface area contributed by atoms with Gasteiger partial charge in [0.2, 0.25) is 6.08 Å². The molecule has 1 aliphatic rings. The van der Waals surface area contributed by atoms with E-state index in [4.69, 9.17) is 0 Å². The Morgan fingerprint density at radius 3 is 2.41 bits per heavy atom. The number of hydrogen-bond donors (Lipinski definition) is 1. The summed E-state index contributed by atoms with van der Waals surface area (Å²) < 4.78 is 0. The predicted molar refractivity (Wildman–Crippen MR) is 65.8 cm³/mol. The zero-order valence-corrected chi connectivity index (χ0v) is 10.3. The van der Waals surface area contributed by atoms with E-state index >= 15 is 0 Å². The minimum Gasteiger partial charge on any atom is -0.508 e. The molecule has 3 heteroatoms. The lowest BCUT2D eigenvalue weighted by atomic mass is 9.86. The highest BCUT2D eigenvalue weighted by Crippen LogP contribution is 2.45. The molecule has 0 spiro atoms. The number of carbonyl (C=O) groups excluding carboxylic acids is 1. The molecule has 3 nitrogen and oxygen atoms in total. The van der Waals surface area contributed by atoms with Crippen LogP contribution in [-0.4, -0.2) is 11.2 Å². The second-order valence-electron chi connectivity index (χ2n) is 4.90. The van der Waals surface area contributed by atoms with E-state index in [9.17, 15) is 9.90 Å². The SMILES string of the molecule is Cc1cc(O)c(C2(N=C=O)CCCC2)cc1C. The fourth-order valence-corrected chi connectivity index (χ4v) is 2.66. The van der Waals surface area contributed by atoms with E-state index in [1.165, 1.54) is 0 Å².